The van der Waals surface area contributed by atoms with Gasteiger partial charge in [0, 0.05) is 38.4 Å². The first-order chi connectivity index (χ1) is 18.6. The highest BCUT2D eigenvalue weighted by Gasteiger charge is 2.35. The Kier molecular flexibility index (Phi) is 4.02. The van der Waals surface area contributed by atoms with E-state index in [4.69, 9.17) is 0 Å². The van der Waals surface area contributed by atoms with Crippen LogP contribution >= 0.6 is 0 Å². The van der Waals surface area contributed by atoms with Crippen molar-refractivity contribution in [1.29, 1.82) is 5.26 Å². The fourth-order valence-corrected chi connectivity index (χ4v) is 6.58. The molecule has 1 heterocycles. The minimum atomic E-state index is -0.187. The standard InChI is InChI=1S/C36H22N2/c1-36(2)30-12-6-5-11-27(30)34-33-25(10-7-13-31(33)36)19-29-28-18-23-8-3-4-9-24(23)20-32(28)38(35(29)34)26-16-14-22(21-37)15-17-26/h3-6,8-12,14-20H,1-2H3. The molecule has 0 spiro atoms. The molecule has 7 aromatic rings. The van der Waals surface area contributed by atoms with Crippen molar-refractivity contribution in [2.24, 2.45) is 0 Å². The molecule has 176 valence electrons. The Morgan fingerprint density at radius 2 is 1.50 bits per heavy atom. The zero-order valence-electron chi connectivity index (χ0n) is 21.1. The lowest BCUT2D eigenvalue weighted by Gasteiger charge is -2.34. The second-order valence-electron chi connectivity index (χ2n) is 10.8. The van der Waals surface area contributed by atoms with Crippen LogP contribution in [0.2, 0.25) is 0 Å². The van der Waals surface area contributed by atoms with Crippen molar-refractivity contribution in [3.8, 4) is 22.9 Å². The smallest absolute Gasteiger partial charge is 0.0991 e. The average Bonchev–Trinajstić information content (AvgIpc) is 3.26. The highest BCUT2D eigenvalue weighted by atomic mass is 15.0. The molecule has 0 bridgehead atoms. The second kappa shape index (κ2) is 7.25. The molecule has 6 aromatic carbocycles. The average molecular weight is 483 g/mol. The summed E-state index contributed by atoms with van der Waals surface area (Å²) in [6.45, 7) is 4.59. The van der Waals surface area contributed by atoms with Crippen LogP contribution in [0.15, 0.2) is 97.1 Å². The van der Waals surface area contributed by atoms with Crippen molar-refractivity contribution in [2.75, 3.05) is 0 Å². The van der Waals surface area contributed by atoms with Gasteiger partial charge in [0.05, 0.1) is 22.7 Å². The molecule has 1 aromatic heterocycles. The number of benzene rings is 5. The van der Waals surface area contributed by atoms with Gasteiger partial charge in [-0.05, 0) is 75.8 Å². The van der Waals surface area contributed by atoms with Crippen molar-refractivity contribution in [1.82, 2.24) is 4.57 Å². The molecule has 0 unspecified atom stereocenters. The maximum absolute atomic E-state index is 9.45. The first-order valence-corrected chi connectivity index (χ1v) is 12.9. The molecule has 2 heteroatoms. The van der Waals surface area contributed by atoms with Crippen LogP contribution in [-0.2, 0) is 5.41 Å². The van der Waals surface area contributed by atoms with E-state index in [1.54, 1.807) is 0 Å². The van der Waals surface area contributed by atoms with E-state index >= 15 is 0 Å². The van der Waals surface area contributed by atoms with Gasteiger partial charge in [0.1, 0.15) is 0 Å². The van der Waals surface area contributed by atoms with Crippen molar-refractivity contribution in [3.63, 3.8) is 0 Å². The molecule has 38 heavy (non-hydrogen) atoms. The first kappa shape index (κ1) is 21.1. The van der Waals surface area contributed by atoms with Crippen molar-refractivity contribution >= 4 is 43.4 Å². The van der Waals surface area contributed by atoms with Gasteiger partial charge >= 0.3 is 0 Å². The number of hydrogen-bond donors (Lipinski definition) is 0. The largest absolute Gasteiger partial charge is 0.309 e. The molecule has 1 aliphatic carbocycles. The van der Waals surface area contributed by atoms with Crippen molar-refractivity contribution in [3.05, 3.63) is 126 Å². The highest BCUT2D eigenvalue weighted by molar-refractivity contribution is 6.24. The molecular weight excluding hydrogens is 460 g/mol. The second-order valence-corrected chi connectivity index (χ2v) is 10.8. The van der Waals surface area contributed by atoms with Crippen molar-refractivity contribution < 1.29 is 0 Å². The van der Waals surface area contributed by atoms with E-state index in [0.29, 0.717) is 5.56 Å². The topological polar surface area (TPSA) is 28.7 Å². The molecule has 2 nitrogen and oxygen atoms in total. The molecule has 0 atom stereocenters. The molecule has 0 amide bonds. The van der Waals surface area contributed by atoms with Crippen LogP contribution in [0, 0.1) is 23.5 Å². The maximum atomic E-state index is 9.45. The molecule has 0 saturated carbocycles. The number of rotatable bonds is 1. The van der Waals surface area contributed by atoms with Gasteiger partial charge in [-0.25, -0.2) is 0 Å². The van der Waals surface area contributed by atoms with Crippen LogP contribution in [0.25, 0.3) is 60.2 Å². The zero-order chi connectivity index (χ0) is 25.6. The van der Waals surface area contributed by atoms with Crippen LogP contribution in [0.5, 0.6) is 0 Å². The van der Waals surface area contributed by atoms with Gasteiger partial charge in [0.25, 0.3) is 0 Å². The number of aromatic nitrogens is 1. The molecule has 1 aliphatic rings. The number of fused-ring (bicyclic) bond motifs is 7. The lowest BCUT2D eigenvalue weighted by atomic mass is 9.68. The summed E-state index contributed by atoms with van der Waals surface area (Å²) in [6.07, 6.45) is 0. The fourth-order valence-electron chi connectivity index (χ4n) is 6.58. The van der Waals surface area contributed by atoms with Gasteiger partial charge in [-0.1, -0.05) is 74.5 Å². The summed E-state index contributed by atoms with van der Waals surface area (Å²) in [5.41, 5.74) is 8.87. The van der Waals surface area contributed by atoms with Gasteiger partial charge in [0.2, 0.25) is 0 Å². The predicted molar refractivity (Wildman–Crippen MR) is 156 cm³/mol. The lowest BCUT2D eigenvalue weighted by Crippen LogP contribution is -2.23. The Bertz CT molecular complexity index is 2150. The maximum Gasteiger partial charge on any atom is 0.0991 e. The minimum Gasteiger partial charge on any atom is -0.309 e. The van der Waals surface area contributed by atoms with Crippen LogP contribution in [-0.4, -0.2) is 4.57 Å². The van der Waals surface area contributed by atoms with E-state index in [2.05, 4.69) is 122 Å². The molecular formula is C36H22N2. The molecule has 0 aliphatic heterocycles. The van der Waals surface area contributed by atoms with Gasteiger partial charge in [0.15, 0.2) is 0 Å². The molecule has 0 N–H and O–H groups in total. The molecule has 8 rings (SSSR count). The third kappa shape index (κ3) is 2.62. The highest BCUT2D eigenvalue weighted by Crippen LogP contribution is 2.52. The van der Waals surface area contributed by atoms with Crippen LogP contribution in [0.3, 0.4) is 0 Å². The summed E-state index contributed by atoms with van der Waals surface area (Å²) in [6, 6.07) is 43.5. The van der Waals surface area contributed by atoms with E-state index in [-0.39, 0.29) is 5.41 Å². The Labute approximate surface area is 221 Å². The van der Waals surface area contributed by atoms with E-state index in [0.717, 1.165) is 11.2 Å². The monoisotopic (exact) mass is 482 g/mol. The van der Waals surface area contributed by atoms with E-state index < -0.39 is 0 Å². The minimum absolute atomic E-state index is 0.187. The SMILES string of the molecule is CC1(C)c2ccccc2-c2c3c1c#ccc3cc1c3cc4ccccc4cc3n(-c3ccc(C#N)cc3)c21. The summed E-state index contributed by atoms with van der Waals surface area (Å²) in [5.74, 6) is 0. The summed E-state index contributed by atoms with van der Waals surface area (Å²) < 4.78 is 2.39. The quantitative estimate of drug-likeness (QED) is 0.230. The Morgan fingerprint density at radius 3 is 2.29 bits per heavy atom. The van der Waals surface area contributed by atoms with Gasteiger partial charge < -0.3 is 4.57 Å². The summed E-state index contributed by atoms with van der Waals surface area (Å²) >= 11 is 0. The summed E-state index contributed by atoms with van der Waals surface area (Å²) in [7, 11) is 0. The van der Waals surface area contributed by atoms with Crippen LogP contribution in [0.4, 0.5) is 0 Å². The number of nitrogens with zero attached hydrogens (tertiary/aromatic N) is 2. The Hall–Kier alpha value is -5.05. The lowest BCUT2D eigenvalue weighted by molar-refractivity contribution is 0.645. The predicted octanol–water partition coefficient (Wildman–Crippen LogP) is 8.87. The van der Waals surface area contributed by atoms with Crippen LogP contribution < -0.4 is 0 Å². The van der Waals surface area contributed by atoms with E-state index in [1.165, 1.54) is 60.1 Å². The summed E-state index contributed by atoms with van der Waals surface area (Å²) in [5, 5.41) is 16.8. The van der Waals surface area contributed by atoms with Gasteiger partial charge in [-0.15, -0.1) is 0 Å². The fraction of sp³-hybridized carbons (Fsp3) is 0.0833. The number of hydrogen-bond acceptors (Lipinski definition) is 1. The van der Waals surface area contributed by atoms with E-state index in [9.17, 15) is 5.26 Å². The third-order valence-electron chi connectivity index (χ3n) is 8.37. The molecule has 0 saturated heterocycles. The van der Waals surface area contributed by atoms with Gasteiger partial charge in [-0.2, -0.15) is 5.26 Å². The van der Waals surface area contributed by atoms with E-state index in [1.807, 2.05) is 12.1 Å². The molecule has 0 fully saturated rings. The normalized spacial score (nSPS) is 13.5. The Balaban J connectivity index is 1.67. The van der Waals surface area contributed by atoms with Crippen LogP contribution in [0.1, 0.15) is 30.5 Å². The van der Waals surface area contributed by atoms with Crippen molar-refractivity contribution in [2.45, 2.75) is 19.3 Å². The molecule has 0 radical (unpaired) electrons. The summed E-state index contributed by atoms with van der Waals surface area (Å²) in [4.78, 5) is 0. The van der Waals surface area contributed by atoms with Gasteiger partial charge in [-0.3, -0.25) is 0 Å². The first-order valence-electron chi connectivity index (χ1n) is 12.9. The third-order valence-corrected chi connectivity index (χ3v) is 8.37. The number of nitriles is 1. The zero-order valence-corrected chi connectivity index (χ0v) is 21.1. The Morgan fingerprint density at radius 1 is 0.789 bits per heavy atom.